The highest BCUT2D eigenvalue weighted by molar-refractivity contribution is 5.39. The van der Waals surface area contributed by atoms with E-state index in [1.165, 1.54) is 30.4 Å². The predicted molar refractivity (Wildman–Crippen MR) is 79.0 cm³/mol. The van der Waals surface area contributed by atoms with Gasteiger partial charge in [-0.2, -0.15) is 0 Å². The fraction of sp³-hybridized carbons (Fsp3) is 0.625. The lowest BCUT2D eigenvalue weighted by Gasteiger charge is -2.40. The molecule has 2 aliphatic rings. The zero-order chi connectivity index (χ0) is 13.9. The van der Waals surface area contributed by atoms with Crippen molar-refractivity contribution in [2.24, 2.45) is 5.73 Å². The maximum Gasteiger partial charge on any atom is 0.119 e. The first-order chi connectivity index (χ1) is 9.81. The van der Waals surface area contributed by atoms with E-state index in [-0.39, 0.29) is 6.10 Å². The van der Waals surface area contributed by atoms with Crippen molar-refractivity contribution in [3.63, 3.8) is 0 Å². The summed E-state index contributed by atoms with van der Waals surface area (Å²) in [5, 5.41) is 0. The molecule has 2 atom stereocenters. The van der Waals surface area contributed by atoms with E-state index in [9.17, 15) is 0 Å². The van der Waals surface area contributed by atoms with E-state index in [0.29, 0.717) is 12.6 Å². The van der Waals surface area contributed by atoms with E-state index in [4.69, 9.17) is 15.2 Å². The molecule has 0 radical (unpaired) electrons. The Morgan fingerprint density at radius 2 is 2.35 bits per heavy atom. The molecular formula is C16H24N2O2. The molecule has 20 heavy (non-hydrogen) atoms. The molecule has 110 valence electrons. The second-order valence-electron chi connectivity index (χ2n) is 5.70. The van der Waals surface area contributed by atoms with Crippen molar-refractivity contribution >= 4 is 0 Å². The molecule has 1 aliphatic carbocycles. The number of ether oxygens (including phenoxy) is 2. The number of rotatable bonds is 3. The number of nitrogens with two attached hydrogens (primary N) is 1. The van der Waals surface area contributed by atoms with Crippen LogP contribution in [0.5, 0.6) is 5.75 Å². The maximum absolute atomic E-state index is 5.76. The zero-order valence-electron chi connectivity index (χ0n) is 12.2. The third-order valence-corrected chi connectivity index (χ3v) is 4.51. The average molecular weight is 276 g/mol. The molecule has 0 spiro atoms. The number of benzene rings is 1. The highest BCUT2D eigenvalue weighted by Gasteiger charge is 2.30. The van der Waals surface area contributed by atoms with Gasteiger partial charge in [0.15, 0.2) is 0 Å². The number of hydrogen-bond donors (Lipinski definition) is 1. The van der Waals surface area contributed by atoms with Crippen LogP contribution in [0.15, 0.2) is 18.2 Å². The third kappa shape index (κ3) is 2.68. The zero-order valence-corrected chi connectivity index (χ0v) is 12.2. The third-order valence-electron chi connectivity index (χ3n) is 4.51. The molecular weight excluding hydrogens is 252 g/mol. The van der Waals surface area contributed by atoms with Crippen LogP contribution in [0.4, 0.5) is 0 Å². The Balaban J connectivity index is 1.84. The van der Waals surface area contributed by atoms with Gasteiger partial charge in [-0.3, -0.25) is 4.90 Å². The van der Waals surface area contributed by atoms with Crippen LogP contribution in [0.3, 0.4) is 0 Å². The number of morpholine rings is 1. The fourth-order valence-electron chi connectivity index (χ4n) is 3.43. The quantitative estimate of drug-likeness (QED) is 0.913. The summed E-state index contributed by atoms with van der Waals surface area (Å²) in [7, 11) is 1.73. The van der Waals surface area contributed by atoms with Crippen molar-refractivity contribution in [1.29, 1.82) is 0 Å². The lowest BCUT2D eigenvalue weighted by molar-refractivity contribution is -0.0414. The van der Waals surface area contributed by atoms with Crippen molar-refractivity contribution < 1.29 is 9.47 Å². The summed E-state index contributed by atoms with van der Waals surface area (Å²) in [4.78, 5) is 2.54. The van der Waals surface area contributed by atoms with Gasteiger partial charge < -0.3 is 15.2 Å². The van der Waals surface area contributed by atoms with E-state index in [1.807, 2.05) is 0 Å². The Labute approximate surface area is 120 Å². The normalized spacial score (nSPS) is 27.1. The molecule has 0 amide bonds. The molecule has 0 aromatic heterocycles. The van der Waals surface area contributed by atoms with Crippen molar-refractivity contribution in [2.75, 3.05) is 33.4 Å². The van der Waals surface area contributed by atoms with E-state index in [0.717, 1.165) is 25.4 Å². The smallest absolute Gasteiger partial charge is 0.119 e. The van der Waals surface area contributed by atoms with Crippen molar-refractivity contribution in [3.05, 3.63) is 29.3 Å². The SMILES string of the molecule is COc1ccc2c(c1)C(N1CCOC(CN)C1)CCC2. The van der Waals surface area contributed by atoms with Crippen molar-refractivity contribution in [1.82, 2.24) is 4.90 Å². The van der Waals surface area contributed by atoms with Crippen LogP contribution in [-0.4, -0.2) is 44.4 Å². The second-order valence-corrected chi connectivity index (χ2v) is 5.70. The fourth-order valence-corrected chi connectivity index (χ4v) is 3.43. The number of nitrogens with zero attached hydrogens (tertiary/aromatic N) is 1. The Morgan fingerprint density at radius 3 is 3.15 bits per heavy atom. The summed E-state index contributed by atoms with van der Waals surface area (Å²) in [6.45, 7) is 3.33. The minimum atomic E-state index is 0.180. The summed E-state index contributed by atoms with van der Waals surface area (Å²) in [6, 6.07) is 7.00. The lowest BCUT2D eigenvalue weighted by Crippen LogP contribution is -2.47. The van der Waals surface area contributed by atoms with E-state index < -0.39 is 0 Å². The summed E-state index contributed by atoms with van der Waals surface area (Å²) in [5.41, 5.74) is 8.67. The summed E-state index contributed by atoms with van der Waals surface area (Å²) in [6.07, 6.45) is 3.84. The molecule has 0 saturated carbocycles. The largest absolute Gasteiger partial charge is 0.497 e. The van der Waals surface area contributed by atoms with Gasteiger partial charge in [0.2, 0.25) is 0 Å². The van der Waals surface area contributed by atoms with Crippen LogP contribution in [-0.2, 0) is 11.2 Å². The van der Waals surface area contributed by atoms with E-state index >= 15 is 0 Å². The Hall–Kier alpha value is -1.10. The first-order valence-corrected chi connectivity index (χ1v) is 7.54. The Morgan fingerprint density at radius 1 is 1.45 bits per heavy atom. The minimum absolute atomic E-state index is 0.180. The highest BCUT2D eigenvalue weighted by atomic mass is 16.5. The molecule has 1 fully saturated rings. The minimum Gasteiger partial charge on any atom is -0.497 e. The van der Waals surface area contributed by atoms with Gasteiger partial charge in [-0.25, -0.2) is 0 Å². The molecule has 4 heteroatoms. The van der Waals surface area contributed by atoms with Crippen LogP contribution in [0, 0.1) is 0 Å². The Bertz CT molecular complexity index is 464. The van der Waals surface area contributed by atoms with Crippen molar-refractivity contribution in [3.8, 4) is 5.75 Å². The monoisotopic (exact) mass is 276 g/mol. The number of aryl methyl sites for hydroxylation is 1. The van der Waals surface area contributed by atoms with Gasteiger partial charge in [0, 0.05) is 25.7 Å². The molecule has 2 N–H and O–H groups in total. The van der Waals surface area contributed by atoms with Crippen molar-refractivity contribution in [2.45, 2.75) is 31.4 Å². The second kappa shape index (κ2) is 6.12. The van der Waals surface area contributed by atoms with Crippen LogP contribution in [0.1, 0.15) is 30.0 Å². The number of hydrogen-bond acceptors (Lipinski definition) is 4. The Kier molecular flexibility index (Phi) is 4.24. The van der Waals surface area contributed by atoms with Gasteiger partial charge >= 0.3 is 0 Å². The van der Waals surface area contributed by atoms with Crippen LogP contribution < -0.4 is 10.5 Å². The van der Waals surface area contributed by atoms with Gasteiger partial charge in [-0.1, -0.05) is 6.07 Å². The molecule has 1 heterocycles. The summed E-state index contributed by atoms with van der Waals surface area (Å²) in [5.74, 6) is 0.958. The van der Waals surface area contributed by atoms with E-state index in [2.05, 4.69) is 23.1 Å². The summed E-state index contributed by atoms with van der Waals surface area (Å²) < 4.78 is 11.1. The maximum atomic E-state index is 5.76. The van der Waals surface area contributed by atoms with Crippen LogP contribution in [0.2, 0.25) is 0 Å². The van der Waals surface area contributed by atoms with Gasteiger partial charge in [0.05, 0.1) is 19.8 Å². The van der Waals surface area contributed by atoms with Crippen LogP contribution >= 0.6 is 0 Å². The molecule has 1 aliphatic heterocycles. The van der Waals surface area contributed by atoms with E-state index in [1.54, 1.807) is 7.11 Å². The molecule has 1 aromatic rings. The van der Waals surface area contributed by atoms with Gasteiger partial charge in [-0.15, -0.1) is 0 Å². The first kappa shape index (κ1) is 13.9. The number of methoxy groups -OCH3 is 1. The molecule has 3 rings (SSSR count). The van der Waals surface area contributed by atoms with Gasteiger partial charge in [0.1, 0.15) is 5.75 Å². The van der Waals surface area contributed by atoms with Gasteiger partial charge in [0.25, 0.3) is 0 Å². The first-order valence-electron chi connectivity index (χ1n) is 7.54. The predicted octanol–water partition coefficient (Wildman–Crippen LogP) is 1.73. The van der Waals surface area contributed by atoms with Crippen LogP contribution in [0.25, 0.3) is 0 Å². The molecule has 4 nitrogen and oxygen atoms in total. The molecule has 2 unspecified atom stereocenters. The summed E-state index contributed by atoms with van der Waals surface area (Å²) >= 11 is 0. The highest BCUT2D eigenvalue weighted by Crippen LogP contribution is 2.37. The van der Waals surface area contributed by atoms with Gasteiger partial charge in [-0.05, 0) is 42.5 Å². The molecule has 1 saturated heterocycles. The average Bonchev–Trinajstić information content (AvgIpc) is 2.53. The lowest BCUT2D eigenvalue weighted by atomic mass is 9.86. The molecule has 0 bridgehead atoms. The number of fused-ring (bicyclic) bond motifs is 1. The standard InChI is InChI=1S/C16H24N2O2/c1-19-13-6-5-12-3-2-4-16(15(12)9-13)18-7-8-20-14(10-17)11-18/h5-6,9,14,16H,2-4,7-8,10-11,17H2,1H3. The molecule has 1 aromatic carbocycles. The topological polar surface area (TPSA) is 47.7 Å².